The molecule has 2 N–H and O–H groups in total. The average molecular weight is 216 g/mol. The summed E-state index contributed by atoms with van der Waals surface area (Å²) in [5, 5.41) is 3.32. The van der Waals surface area contributed by atoms with E-state index in [-0.39, 0.29) is 12.2 Å². The molecule has 2 aromatic rings. The van der Waals surface area contributed by atoms with E-state index in [9.17, 15) is 13.2 Å². The van der Waals surface area contributed by atoms with E-state index in [2.05, 4.69) is 10.1 Å². The summed E-state index contributed by atoms with van der Waals surface area (Å²) in [6.45, 7) is 0.247. The van der Waals surface area contributed by atoms with Gasteiger partial charge in [0.1, 0.15) is 0 Å². The largest absolute Gasteiger partial charge is 0.453 e. The Morgan fingerprint density at radius 2 is 2.07 bits per heavy atom. The molecule has 0 fully saturated rings. The normalized spacial score (nSPS) is 12.3. The van der Waals surface area contributed by atoms with Gasteiger partial charge in [0.25, 0.3) is 5.82 Å². The van der Waals surface area contributed by atoms with Gasteiger partial charge in [0.15, 0.2) is 5.65 Å². The van der Waals surface area contributed by atoms with Gasteiger partial charge >= 0.3 is 6.18 Å². The summed E-state index contributed by atoms with van der Waals surface area (Å²) >= 11 is 0. The molecule has 4 nitrogen and oxygen atoms in total. The van der Waals surface area contributed by atoms with Crippen molar-refractivity contribution in [1.82, 2.24) is 14.6 Å². The predicted octanol–water partition coefficient (Wildman–Crippen LogP) is 1.21. The Balaban J connectivity index is 2.56. The number of nitrogens with two attached hydrogens (primary N) is 1. The molecule has 80 valence electrons. The maximum absolute atomic E-state index is 12.2. The summed E-state index contributed by atoms with van der Waals surface area (Å²) < 4.78 is 37.8. The number of nitrogens with zero attached hydrogens (tertiary/aromatic N) is 3. The topological polar surface area (TPSA) is 56.2 Å². The zero-order valence-corrected chi connectivity index (χ0v) is 7.49. The van der Waals surface area contributed by atoms with Crippen molar-refractivity contribution in [3.63, 3.8) is 0 Å². The van der Waals surface area contributed by atoms with E-state index in [1.54, 1.807) is 6.07 Å². The highest BCUT2D eigenvalue weighted by molar-refractivity contribution is 5.38. The van der Waals surface area contributed by atoms with Crippen molar-refractivity contribution < 1.29 is 13.2 Å². The third kappa shape index (κ3) is 1.78. The molecule has 0 aliphatic carbocycles. The minimum absolute atomic E-state index is 0.152. The van der Waals surface area contributed by atoms with Gasteiger partial charge in [-0.25, -0.2) is 9.50 Å². The number of rotatable bonds is 1. The molecule has 0 saturated heterocycles. The Morgan fingerprint density at radius 1 is 1.33 bits per heavy atom. The van der Waals surface area contributed by atoms with Gasteiger partial charge in [-0.15, -0.1) is 5.10 Å². The second-order valence-electron chi connectivity index (χ2n) is 2.98. The zero-order chi connectivity index (χ0) is 11.1. The molecule has 0 bridgehead atoms. The van der Waals surface area contributed by atoms with Crippen LogP contribution in [0.15, 0.2) is 18.3 Å². The van der Waals surface area contributed by atoms with Crippen LogP contribution < -0.4 is 5.73 Å². The first-order chi connectivity index (χ1) is 7.00. The van der Waals surface area contributed by atoms with Crippen LogP contribution in [0, 0.1) is 0 Å². The van der Waals surface area contributed by atoms with E-state index in [1.807, 2.05) is 0 Å². The minimum Gasteiger partial charge on any atom is -0.326 e. The second kappa shape index (κ2) is 3.20. The molecule has 2 heterocycles. The molecule has 0 aliphatic heterocycles. The summed E-state index contributed by atoms with van der Waals surface area (Å²) in [6, 6.07) is 3.06. The average Bonchev–Trinajstić information content (AvgIpc) is 2.59. The van der Waals surface area contributed by atoms with Crippen molar-refractivity contribution in [2.75, 3.05) is 0 Å². The van der Waals surface area contributed by atoms with Gasteiger partial charge in [0.05, 0.1) is 0 Å². The molecule has 0 aliphatic rings. The minimum atomic E-state index is -4.52. The highest BCUT2D eigenvalue weighted by atomic mass is 19.4. The fourth-order valence-corrected chi connectivity index (χ4v) is 1.17. The standard InChI is InChI=1S/C8H7F3N4/c9-8(10,11)7-13-6-2-1-5(3-12)4-15(6)14-7/h1-2,4H,3,12H2. The van der Waals surface area contributed by atoms with Crippen LogP contribution in [0.3, 0.4) is 0 Å². The SMILES string of the molecule is NCc1ccc2nc(C(F)(F)F)nn2c1. The first-order valence-electron chi connectivity index (χ1n) is 4.13. The molecule has 0 aromatic carbocycles. The Morgan fingerprint density at radius 3 is 2.67 bits per heavy atom. The number of halogens is 3. The molecule has 7 heteroatoms. The smallest absolute Gasteiger partial charge is 0.326 e. The van der Waals surface area contributed by atoms with Gasteiger partial charge < -0.3 is 5.73 Å². The van der Waals surface area contributed by atoms with Gasteiger partial charge in [-0.1, -0.05) is 6.07 Å². The Labute approximate surface area is 82.5 Å². The highest BCUT2D eigenvalue weighted by Crippen LogP contribution is 2.26. The van der Waals surface area contributed by atoms with Crippen molar-refractivity contribution >= 4 is 5.65 Å². The quantitative estimate of drug-likeness (QED) is 0.779. The highest BCUT2D eigenvalue weighted by Gasteiger charge is 2.36. The van der Waals surface area contributed by atoms with Crippen molar-refractivity contribution in [2.45, 2.75) is 12.7 Å². The first-order valence-corrected chi connectivity index (χ1v) is 4.13. The third-order valence-corrected chi connectivity index (χ3v) is 1.88. The number of pyridine rings is 1. The Hall–Kier alpha value is -1.63. The molecule has 0 unspecified atom stereocenters. The monoisotopic (exact) mass is 216 g/mol. The third-order valence-electron chi connectivity index (χ3n) is 1.88. The van der Waals surface area contributed by atoms with E-state index in [4.69, 9.17) is 5.73 Å². The maximum Gasteiger partial charge on any atom is 0.453 e. The number of hydrogen-bond acceptors (Lipinski definition) is 3. The molecule has 0 atom stereocenters. The van der Waals surface area contributed by atoms with Crippen molar-refractivity contribution in [2.24, 2.45) is 5.73 Å². The van der Waals surface area contributed by atoms with Crippen LogP contribution in [-0.2, 0) is 12.7 Å². The second-order valence-corrected chi connectivity index (χ2v) is 2.98. The molecular formula is C8H7F3N4. The zero-order valence-electron chi connectivity index (χ0n) is 7.49. The van der Waals surface area contributed by atoms with Crippen molar-refractivity contribution in [3.05, 3.63) is 29.7 Å². The first kappa shape index (κ1) is 9.91. The molecule has 0 radical (unpaired) electrons. The molecule has 0 saturated carbocycles. The fourth-order valence-electron chi connectivity index (χ4n) is 1.17. The number of alkyl halides is 3. The molecule has 15 heavy (non-hydrogen) atoms. The van der Waals surface area contributed by atoms with E-state index >= 15 is 0 Å². The lowest BCUT2D eigenvalue weighted by Crippen LogP contribution is -2.07. The summed E-state index contributed by atoms with van der Waals surface area (Å²) in [6.07, 6.45) is -3.09. The van der Waals surface area contributed by atoms with E-state index in [0.29, 0.717) is 5.56 Å². The lowest BCUT2D eigenvalue weighted by atomic mass is 10.3. The molecule has 2 rings (SSSR count). The van der Waals surface area contributed by atoms with Gasteiger partial charge in [-0.3, -0.25) is 0 Å². The van der Waals surface area contributed by atoms with Crippen LogP contribution in [-0.4, -0.2) is 14.6 Å². The lowest BCUT2D eigenvalue weighted by molar-refractivity contribution is -0.144. The maximum atomic E-state index is 12.2. The molecule has 0 spiro atoms. The number of hydrogen-bond donors (Lipinski definition) is 1. The van der Waals surface area contributed by atoms with Crippen molar-refractivity contribution in [1.29, 1.82) is 0 Å². The fraction of sp³-hybridized carbons (Fsp3) is 0.250. The number of fused-ring (bicyclic) bond motifs is 1. The van der Waals surface area contributed by atoms with Crippen LogP contribution in [0.25, 0.3) is 5.65 Å². The van der Waals surface area contributed by atoms with Crippen LogP contribution in [0.2, 0.25) is 0 Å². The van der Waals surface area contributed by atoms with E-state index < -0.39 is 12.0 Å². The Kier molecular flexibility index (Phi) is 2.11. The van der Waals surface area contributed by atoms with Gasteiger partial charge in [0.2, 0.25) is 0 Å². The molecule has 0 amide bonds. The van der Waals surface area contributed by atoms with Crippen LogP contribution in [0.1, 0.15) is 11.4 Å². The van der Waals surface area contributed by atoms with E-state index in [0.717, 1.165) is 4.52 Å². The van der Waals surface area contributed by atoms with Gasteiger partial charge in [-0.05, 0) is 11.6 Å². The molecular weight excluding hydrogens is 209 g/mol. The lowest BCUT2D eigenvalue weighted by Gasteiger charge is -1.97. The van der Waals surface area contributed by atoms with Crippen LogP contribution in [0.5, 0.6) is 0 Å². The summed E-state index contributed by atoms with van der Waals surface area (Å²) in [5.74, 6) is -1.14. The summed E-state index contributed by atoms with van der Waals surface area (Å²) in [4.78, 5) is 3.35. The van der Waals surface area contributed by atoms with Crippen LogP contribution in [0.4, 0.5) is 13.2 Å². The van der Waals surface area contributed by atoms with Gasteiger partial charge in [0, 0.05) is 12.7 Å². The van der Waals surface area contributed by atoms with Gasteiger partial charge in [-0.2, -0.15) is 13.2 Å². The summed E-state index contributed by atoms with van der Waals surface area (Å²) in [7, 11) is 0. The van der Waals surface area contributed by atoms with Crippen molar-refractivity contribution in [3.8, 4) is 0 Å². The molecule has 2 aromatic heterocycles. The number of aromatic nitrogens is 3. The van der Waals surface area contributed by atoms with Crippen LogP contribution >= 0.6 is 0 Å². The predicted molar refractivity (Wildman–Crippen MR) is 45.9 cm³/mol. The Bertz CT molecular complexity index is 488. The summed E-state index contributed by atoms with van der Waals surface area (Å²) in [5.41, 5.74) is 6.20. The van der Waals surface area contributed by atoms with E-state index in [1.165, 1.54) is 12.3 Å².